The van der Waals surface area contributed by atoms with Crippen molar-refractivity contribution < 1.29 is 14.3 Å². The Morgan fingerprint density at radius 1 is 1.53 bits per heavy atom. The molecular formula is C13H17FN2O2S. The Bertz CT molecular complexity index is 456. The lowest BCUT2D eigenvalue weighted by atomic mass is 10.0. The van der Waals surface area contributed by atoms with Crippen molar-refractivity contribution >= 4 is 17.8 Å². The monoisotopic (exact) mass is 284 g/mol. The first kappa shape index (κ1) is 14.1. The molecule has 2 rings (SSSR count). The van der Waals surface area contributed by atoms with Crippen LogP contribution in [-0.2, 0) is 0 Å². The van der Waals surface area contributed by atoms with Crippen molar-refractivity contribution in [3.05, 3.63) is 29.6 Å². The summed E-state index contributed by atoms with van der Waals surface area (Å²) in [6.07, 6.45) is 1.31. The molecule has 1 aliphatic rings. The summed E-state index contributed by atoms with van der Waals surface area (Å²) in [7, 11) is 0. The molecule has 0 aliphatic carbocycles. The SMILES string of the molecule is O=C(NCCCO)NC1CCSc2c(F)cccc21. The van der Waals surface area contributed by atoms with E-state index in [1.807, 2.05) is 6.07 Å². The van der Waals surface area contributed by atoms with Gasteiger partial charge in [-0.1, -0.05) is 12.1 Å². The molecule has 0 saturated heterocycles. The molecule has 6 heteroatoms. The quantitative estimate of drug-likeness (QED) is 0.742. The zero-order chi connectivity index (χ0) is 13.7. The Hall–Kier alpha value is -1.27. The molecule has 19 heavy (non-hydrogen) atoms. The van der Waals surface area contributed by atoms with Gasteiger partial charge in [0.25, 0.3) is 0 Å². The van der Waals surface area contributed by atoms with Crippen LogP contribution in [-0.4, -0.2) is 30.0 Å². The van der Waals surface area contributed by atoms with Gasteiger partial charge in [-0.2, -0.15) is 0 Å². The molecular weight excluding hydrogens is 267 g/mol. The van der Waals surface area contributed by atoms with E-state index in [9.17, 15) is 9.18 Å². The van der Waals surface area contributed by atoms with Gasteiger partial charge in [-0.15, -0.1) is 11.8 Å². The Morgan fingerprint density at radius 2 is 2.37 bits per heavy atom. The predicted octanol–water partition coefficient (Wildman–Crippen LogP) is 2.04. The summed E-state index contributed by atoms with van der Waals surface area (Å²) in [4.78, 5) is 12.3. The summed E-state index contributed by atoms with van der Waals surface area (Å²) in [5.41, 5.74) is 0.841. The van der Waals surface area contributed by atoms with Gasteiger partial charge in [0.05, 0.1) is 6.04 Å². The van der Waals surface area contributed by atoms with Crippen LogP contribution in [0.2, 0.25) is 0 Å². The minimum Gasteiger partial charge on any atom is -0.396 e. The largest absolute Gasteiger partial charge is 0.396 e. The van der Waals surface area contributed by atoms with E-state index in [4.69, 9.17) is 5.11 Å². The van der Waals surface area contributed by atoms with E-state index < -0.39 is 0 Å². The molecule has 0 saturated carbocycles. The maximum Gasteiger partial charge on any atom is 0.315 e. The minimum absolute atomic E-state index is 0.0500. The van der Waals surface area contributed by atoms with Gasteiger partial charge in [-0.3, -0.25) is 0 Å². The number of aliphatic hydroxyl groups is 1. The smallest absolute Gasteiger partial charge is 0.315 e. The van der Waals surface area contributed by atoms with Crippen LogP contribution in [0.1, 0.15) is 24.4 Å². The third kappa shape index (κ3) is 3.61. The number of rotatable bonds is 4. The third-order valence-corrected chi connectivity index (χ3v) is 4.11. The fourth-order valence-corrected chi connectivity index (χ4v) is 3.17. The van der Waals surface area contributed by atoms with E-state index >= 15 is 0 Å². The number of halogens is 1. The highest BCUT2D eigenvalue weighted by atomic mass is 32.2. The molecule has 1 atom stereocenters. The standard InChI is InChI=1S/C13H17FN2O2S/c14-10-4-1-3-9-11(5-8-19-12(9)10)16-13(18)15-6-2-7-17/h1,3-4,11,17H,2,5-8H2,(H2,15,16,18). The van der Waals surface area contributed by atoms with E-state index in [1.165, 1.54) is 17.8 Å². The van der Waals surface area contributed by atoms with Crippen molar-refractivity contribution in [2.45, 2.75) is 23.8 Å². The molecule has 4 nitrogen and oxygen atoms in total. The maximum absolute atomic E-state index is 13.7. The van der Waals surface area contributed by atoms with Crippen molar-refractivity contribution in [1.82, 2.24) is 10.6 Å². The lowest BCUT2D eigenvalue weighted by Gasteiger charge is -2.26. The summed E-state index contributed by atoms with van der Waals surface area (Å²) in [5.74, 6) is 0.560. The molecule has 1 aromatic rings. The summed E-state index contributed by atoms with van der Waals surface area (Å²) in [6.45, 7) is 0.480. The number of nitrogens with one attached hydrogen (secondary N) is 2. The Labute approximate surface area is 115 Å². The average Bonchev–Trinajstić information content (AvgIpc) is 2.40. The summed E-state index contributed by atoms with van der Waals surface area (Å²) < 4.78 is 13.7. The molecule has 2 amide bonds. The molecule has 1 aliphatic heterocycles. The van der Waals surface area contributed by atoms with Crippen LogP contribution >= 0.6 is 11.8 Å². The molecule has 0 radical (unpaired) electrons. The molecule has 0 aromatic heterocycles. The number of benzene rings is 1. The van der Waals surface area contributed by atoms with Gasteiger partial charge in [-0.05, 0) is 24.5 Å². The van der Waals surface area contributed by atoms with E-state index in [0.717, 1.165) is 17.7 Å². The average molecular weight is 284 g/mol. The van der Waals surface area contributed by atoms with Crippen LogP contribution in [0, 0.1) is 5.82 Å². The maximum atomic E-state index is 13.7. The normalized spacial score (nSPS) is 17.7. The molecule has 3 N–H and O–H groups in total. The van der Waals surface area contributed by atoms with Gasteiger partial charge in [-0.25, -0.2) is 9.18 Å². The first-order valence-corrected chi connectivity index (χ1v) is 7.27. The van der Waals surface area contributed by atoms with Gasteiger partial charge >= 0.3 is 6.03 Å². The predicted molar refractivity (Wildman–Crippen MR) is 72.7 cm³/mol. The zero-order valence-corrected chi connectivity index (χ0v) is 11.3. The van der Waals surface area contributed by atoms with Crippen LogP contribution < -0.4 is 10.6 Å². The topological polar surface area (TPSA) is 61.4 Å². The van der Waals surface area contributed by atoms with Crippen LogP contribution in [0.3, 0.4) is 0 Å². The van der Waals surface area contributed by atoms with E-state index in [-0.39, 0.29) is 24.5 Å². The van der Waals surface area contributed by atoms with Crippen molar-refractivity contribution in [3.8, 4) is 0 Å². The first-order chi connectivity index (χ1) is 9.22. The molecule has 1 heterocycles. The third-order valence-electron chi connectivity index (χ3n) is 2.95. The van der Waals surface area contributed by atoms with Crippen LogP contribution in [0.5, 0.6) is 0 Å². The highest BCUT2D eigenvalue weighted by molar-refractivity contribution is 7.99. The van der Waals surface area contributed by atoms with E-state index in [2.05, 4.69) is 10.6 Å². The van der Waals surface area contributed by atoms with Gasteiger partial charge < -0.3 is 15.7 Å². The molecule has 0 fully saturated rings. The highest BCUT2D eigenvalue weighted by Crippen LogP contribution is 2.37. The second-order valence-electron chi connectivity index (χ2n) is 4.33. The number of carbonyl (C=O) groups excluding carboxylic acids is 1. The van der Waals surface area contributed by atoms with Crippen molar-refractivity contribution in [1.29, 1.82) is 0 Å². The van der Waals surface area contributed by atoms with Gasteiger partial charge in [0.2, 0.25) is 0 Å². The minimum atomic E-state index is -0.277. The number of amides is 2. The van der Waals surface area contributed by atoms with Crippen LogP contribution in [0.25, 0.3) is 0 Å². The van der Waals surface area contributed by atoms with Crippen molar-refractivity contribution in [3.63, 3.8) is 0 Å². The van der Waals surface area contributed by atoms with Gasteiger partial charge in [0.1, 0.15) is 5.82 Å². The van der Waals surface area contributed by atoms with Crippen molar-refractivity contribution in [2.24, 2.45) is 0 Å². The van der Waals surface area contributed by atoms with Crippen LogP contribution in [0.4, 0.5) is 9.18 Å². The summed E-state index contributed by atoms with van der Waals surface area (Å²) >= 11 is 1.49. The second kappa shape index (κ2) is 6.77. The Balaban J connectivity index is 1.99. The number of fused-ring (bicyclic) bond motifs is 1. The van der Waals surface area contributed by atoms with Gasteiger partial charge in [0.15, 0.2) is 0 Å². The fourth-order valence-electron chi connectivity index (χ4n) is 2.03. The first-order valence-electron chi connectivity index (χ1n) is 6.29. The van der Waals surface area contributed by atoms with Gasteiger partial charge in [0, 0.05) is 23.8 Å². The Morgan fingerprint density at radius 3 is 3.16 bits per heavy atom. The molecule has 0 bridgehead atoms. The second-order valence-corrected chi connectivity index (χ2v) is 5.43. The number of aliphatic hydroxyl groups excluding tert-OH is 1. The lowest BCUT2D eigenvalue weighted by molar-refractivity contribution is 0.234. The van der Waals surface area contributed by atoms with E-state index in [1.54, 1.807) is 6.07 Å². The number of hydrogen-bond acceptors (Lipinski definition) is 3. The van der Waals surface area contributed by atoms with E-state index in [0.29, 0.717) is 17.9 Å². The number of carbonyl (C=O) groups is 1. The Kier molecular flexibility index (Phi) is 5.04. The molecule has 1 unspecified atom stereocenters. The number of urea groups is 1. The summed E-state index contributed by atoms with van der Waals surface area (Å²) in [6, 6.07) is 4.53. The van der Waals surface area contributed by atoms with Crippen molar-refractivity contribution in [2.75, 3.05) is 18.9 Å². The molecule has 1 aromatic carbocycles. The molecule has 104 valence electrons. The zero-order valence-electron chi connectivity index (χ0n) is 10.5. The highest BCUT2D eigenvalue weighted by Gasteiger charge is 2.24. The summed E-state index contributed by atoms with van der Waals surface area (Å²) in [5, 5.41) is 14.2. The fraction of sp³-hybridized carbons (Fsp3) is 0.462. The molecule has 0 spiro atoms. The number of hydrogen-bond donors (Lipinski definition) is 3. The van der Waals surface area contributed by atoms with Crippen LogP contribution in [0.15, 0.2) is 23.1 Å². The lowest BCUT2D eigenvalue weighted by Crippen LogP contribution is -2.39. The number of thioether (sulfide) groups is 1.